The van der Waals surface area contributed by atoms with E-state index in [4.69, 9.17) is 18.9 Å². The maximum atomic E-state index is 13.1. The predicted molar refractivity (Wildman–Crippen MR) is 112 cm³/mol. The van der Waals surface area contributed by atoms with Gasteiger partial charge in [0.15, 0.2) is 17.3 Å². The van der Waals surface area contributed by atoms with Crippen LogP contribution in [0.5, 0.6) is 11.5 Å². The van der Waals surface area contributed by atoms with Gasteiger partial charge in [-0.15, -0.1) is 0 Å². The van der Waals surface area contributed by atoms with Crippen molar-refractivity contribution >= 4 is 17.7 Å². The number of ether oxygens (including phenoxy) is 4. The summed E-state index contributed by atoms with van der Waals surface area (Å²) in [6, 6.07) is 4.87. The van der Waals surface area contributed by atoms with Crippen LogP contribution in [0.15, 0.2) is 18.2 Å². The Bertz CT molecular complexity index is 819. The van der Waals surface area contributed by atoms with E-state index < -0.39 is 53.3 Å². The van der Waals surface area contributed by atoms with Gasteiger partial charge in [0.2, 0.25) is 0 Å². The molecule has 0 aliphatic heterocycles. The zero-order chi connectivity index (χ0) is 23.5. The summed E-state index contributed by atoms with van der Waals surface area (Å²) < 4.78 is 21.4. The number of hydrogen-bond acceptors (Lipinski definition) is 8. The Hall–Kier alpha value is -2.61. The molecule has 0 bridgehead atoms. The molecule has 1 saturated carbocycles. The van der Waals surface area contributed by atoms with Crippen LogP contribution in [0.3, 0.4) is 0 Å². The fourth-order valence-corrected chi connectivity index (χ4v) is 4.09. The van der Waals surface area contributed by atoms with Crippen molar-refractivity contribution in [1.82, 2.24) is 0 Å². The van der Waals surface area contributed by atoms with Crippen LogP contribution >= 0.6 is 0 Å². The molecule has 31 heavy (non-hydrogen) atoms. The number of hydrogen-bond donors (Lipinski definition) is 1. The highest BCUT2D eigenvalue weighted by atomic mass is 16.5. The van der Waals surface area contributed by atoms with Crippen LogP contribution < -0.4 is 9.47 Å². The van der Waals surface area contributed by atoms with Gasteiger partial charge in [0.25, 0.3) is 0 Å². The minimum Gasteiger partial charge on any atom is -0.493 e. The molecule has 0 amide bonds. The highest BCUT2D eigenvalue weighted by molar-refractivity contribution is 6.02. The number of rotatable bonds is 7. The molecule has 0 unspecified atom stereocenters. The van der Waals surface area contributed by atoms with Crippen LogP contribution in [0, 0.1) is 11.8 Å². The number of esters is 2. The van der Waals surface area contributed by atoms with E-state index in [1.54, 1.807) is 45.9 Å². The first kappa shape index (κ1) is 24.7. The normalized spacial score (nSPS) is 26.0. The van der Waals surface area contributed by atoms with Crippen molar-refractivity contribution in [1.29, 1.82) is 0 Å². The van der Waals surface area contributed by atoms with Crippen molar-refractivity contribution in [3.8, 4) is 11.5 Å². The summed E-state index contributed by atoms with van der Waals surface area (Å²) in [5.74, 6) is -4.56. The number of carbonyl (C=O) groups excluding carboxylic acids is 3. The van der Waals surface area contributed by atoms with Gasteiger partial charge in [0, 0.05) is 12.3 Å². The first-order valence-electron chi connectivity index (χ1n) is 10.3. The van der Waals surface area contributed by atoms with Gasteiger partial charge in [-0.2, -0.15) is 0 Å². The molecule has 1 aliphatic carbocycles. The lowest BCUT2D eigenvalue weighted by atomic mass is 9.61. The Labute approximate surface area is 182 Å². The van der Waals surface area contributed by atoms with Crippen molar-refractivity contribution in [3.63, 3.8) is 0 Å². The van der Waals surface area contributed by atoms with E-state index in [2.05, 4.69) is 0 Å². The Morgan fingerprint density at radius 3 is 2.06 bits per heavy atom. The molecule has 1 aliphatic rings. The predicted octanol–water partition coefficient (Wildman–Crippen LogP) is 2.65. The first-order chi connectivity index (χ1) is 14.4. The fourth-order valence-electron chi connectivity index (χ4n) is 4.09. The van der Waals surface area contributed by atoms with E-state index in [9.17, 15) is 19.5 Å². The second-order valence-electron chi connectivity index (χ2n) is 8.57. The van der Waals surface area contributed by atoms with Crippen LogP contribution in [-0.2, 0) is 23.9 Å². The zero-order valence-corrected chi connectivity index (χ0v) is 19.1. The molecule has 0 aromatic heterocycles. The smallest absolute Gasteiger partial charge is 0.317 e. The Morgan fingerprint density at radius 1 is 1.00 bits per heavy atom. The molecule has 0 radical (unpaired) electrons. The van der Waals surface area contributed by atoms with Crippen LogP contribution in [0.4, 0.5) is 0 Å². The number of methoxy groups -OCH3 is 2. The monoisotopic (exact) mass is 436 g/mol. The molecule has 1 aromatic rings. The summed E-state index contributed by atoms with van der Waals surface area (Å²) in [5.41, 5.74) is -1.25. The molecule has 1 fully saturated rings. The second-order valence-corrected chi connectivity index (χ2v) is 8.57. The van der Waals surface area contributed by atoms with Gasteiger partial charge in [0.1, 0.15) is 5.92 Å². The van der Waals surface area contributed by atoms with Gasteiger partial charge in [-0.05, 0) is 52.3 Å². The van der Waals surface area contributed by atoms with Crippen LogP contribution in [-0.4, -0.2) is 54.9 Å². The number of benzene rings is 1. The molecule has 0 heterocycles. The van der Waals surface area contributed by atoms with E-state index in [1.807, 2.05) is 0 Å². The molecule has 8 nitrogen and oxygen atoms in total. The summed E-state index contributed by atoms with van der Waals surface area (Å²) in [4.78, 5) is 39.0. The van der Waals surface area contributed by atoms with Gasteiger partial charge >= 0.3 is 11.9 Å². The largest absolute Gasteiger partial charge is 0.493 e. The third-order valence-corrected chi connectivity index (χ3v) is 5.27. The van der Waals surface area contributed by atoms with E-state index in [-0.39, 0.29) is 6.42 Å². The highest BCUT2D eigenvalue weighted by Gasteiger charge is 2.57. The molecular weight excluding hydrogens is 404 g/mol. The molecule has 1 aromatic carbocycles. The molecular formula is C23H32O8. The van der Waals surface area contributed by atoms with Gasteiger partial charge < -0.3 is 24.1 Å². The number of aliphatic hydroxyl groups is 1. The van der Waals surface area contributed by atoms with Gasteiger partial charge in [-0.3, -0.25) is 14.4 Å². The van der Waals surface area contributed by atoms with Crippen molar-refractivity contribution in [3.05, 3.63) is 23.8 Å². The summed E-state index contributed by atoms with van der Waals surface area (Å²) in [6.07, 6.45) is -1.25. The van der Waals surface area contributed by atoms with Gasteiger partial charge in [-0.25, -0.2) is 0 Å². The fraction of sp³-hybridized carbons (Fsp3) is 0.609. The number of carbonyl (C=O) groups is 3. The summed E-state index contributed by atoms with van der Waals surface area (Å²) >= 11 is 0. The van der Waals surface area contributed by atoms with Gasteiger partial charge in [-0.1, -0.05) is 6.07 Å². The van der Waals surface area contributed by atoms with E-state index in [0.29, 0.717) is 17.1 Å². The maximum absolute atomic E-state index is 13.1. The SMILES string of the molecule is COc1ccc([C@@H]2[C@@H](C(=O)OC(C)C)C(=O)C[C@](C)(O)[C@H]2C(=O)OC(C)C)cc1OC. The molecule has 2 rings (SSSR count). The highest BCUT2D eigenvalue weighted by Crippen LogP contribution is 2.48. The van der Waals surface area contributed by atoms with E-state index >= 15 is 0 Å². The molecule has 172 valence electrons. The Morgan fingerprint density at radius 2 is 1.55 bits per heavy atom. The topological polar surface area (TPSA) is 108 Å². The average molecular weight is 437 g/mol. The number of Topliss-reactive ketones (excluding diaryl/α,β-unsaturated/α-hetero) is 1. The summed E-state index contributed by atoms with van der Waals surface area (Å²) in [5, 5.41) is 11.1. The standard InChI is InChI=1S/C23H32O8/c1-12(2)30-21(25)19-15(24)11-23(5,27)20(22(26)31-13(3)4)18(19)14-8-9-16(28-6)17(10-14)29-7/h8-10,12-13,18-20,27H,11H2,1-7H3/t18-,19+,20-,23+/m1/s1. The van der Waals surface area contributed by atoms with Crippen molar-refractivity contribution in [2.75, 3.05) is 14.2 Å². The minimum atomic E-state index is -1.71. The zero-order valence-electron chi connectivity index (χ0n) is 19.1. The number of ketones is 1. The second kappa shape index (κ2) is 9.68. The molecule has 8 heteroatoms. The Kier molecular flexibility index (Phi) is 7.70. The third-order valence-electron chi connectivity index (χ3n) is 5.27. The first-order valence-corrected chi connectivity index (χ1v) is 10.3. The van der Waals surface area contributed by atoms with E-state index in [0.717, 1.165) is 0 Å². The van der Waals surface area contributed by atoms with Gasteiger partial charge in [0.05, 0.1) is 37.9 Å². The third kappa shape index (κ3) is 5.36. The van der Waals surface area contributed by atoms with Crippen LogP contribution in [0.2, 0.25) is 0 Å². The lowest BCUT2D eigenvalue weighted by molar-refractivity contribution is -0.176. The van der Waals surface area contributed by atoms with Crippen LogP contribution in [0.25, 0.3) is 0 Å². The maximum Gasteiger partial charge on any atom is 0.317 e. The minimum absolute atomic E-state index is 0.365. The quantitative estimate of drug-likeness (QED) is 0.513. The molecule has 4 atom stereocenters. The lowest BCUT2D eigenvalue weighted by Crippen LogP contribution is -2.55. The summed E-state index contributed by atoms with van der Waals surface area (Å²) in [7, 11) is 2.94. The molecule has 0 saturated heterocycles. The molecule has 0 spiro atoms. The Balaban J connectivity index is 2.69. The van der Waals surface area contributed by atoms with Crippen molar-refractivity contribution in [2.45, 2.75) is 64.8 Å². The lowest BCUT2D eigenvalue weighted by Gasteiger charge is -2.44. The average Bonchev–Trinajstić information content (AvgIpc) is 2.64. The summed E-state index contributed by atoms with van der Waals surface area (Å²) in [6.45, 7) is 8.15. The molecule has 1 N–H and O–H groups in total. The van der Waals surface area contributed by atoms with Crippen molar-refractivity contribution in [2.24, 2.45) is 11.8 Å². The van der Waals surface area contributed by atoms with Crippen molar-refractivity contribution < 1.29 is 38.4 Å². The van der Waals surface area contributed by atoms with Crippen LogP contribution in [0.1, 0.15) is 52.5 Å². The van der Waals surface area contributed by atoms with E-state index in [1.165, 1.54) is 21.1 Å².